The van der Waals surface area contributed by atoms with E-state index in [1.54, 1.807) is 31.1 Å². The van der Waals surface area contributed by atoms with Gasteiger partial charge in [-0.15, -0.1) is 20.4 Å². The molecule has 0 unspecified atom stereocenters. The van der Waals surface area contributed by atoms with E-state index >= 15 is 0 Å². The van der Waals surface area contributed by atoms with Gasteiger partial charge in [0.15, 0.2) is 25.0 Å². The zero-order chi connectivity index (χ0) is 77.5. The molecule has 614 valence electrons. The number of ether oxygens (including phenoxy) is 8. The Balaban J connectivity index is 0.552. The third-order valence-electron chi connectivity index (χ3n) is 20.3. The first-order chi connectivity index (χ1) is 52.2. The molecule has 4 saturated heterocycles. The summed E-state index contributed by atoms with van der Waals surface area (Å²) in [5, 5.41) is 179. The Kier molecular flexibility index (Phi) is 38.0. The first kappa shape index (κ1) is 88.2. The van der Waals surface area contributed by atoms with Crippen molar-refractivity contribution in [2.75, 3.05) is 39.6 Å². The highest BCUT2D eigenvalue weighted by molar-refractivity contribution is 5.74. The summed E-state index contributed by atoms with van der Waals surface area (Å²) in [7, 11) is 0. The number of aryl methyl sites for hydroxylation is 4. The number of hydrogen-bond acceptors (Lipinski definition) is 32. The monoisotopic (exact) mass is 1540 g/mol. The van der Waals surface area contributed by atoms with Crippen molar-refractivity contribution in [3.63, 3.8) is 0 Å². The van der Waals surface area contributed by atoms with Gasteiger partial charge in [0.2, 0.25) is 11.8 Å². The average molecular weight is 1540 g/mol. The number of unbranched alkanes of at least 4 members (excludes halogenated alkanes) is 21. The number of aliphatic hydroxyl groups is 14. The minimum atomic E-state index is -1.80. The van der Waals surface area contributed by atoms with E-state index in [4.69, 9.17) is 37.9 Å². The number of carbonyl (C=O) groups excluding carboxylic acids is 2. The summed E-state index contributed by atoms with van der Waals surface area (Å²) >= 11 is 0. The molecule has 8 heterocycles. The Morgan fingerprint density at radius 3 is 1.01 bits per heavy atom. The fraction of sp³-hybridized carbons (Fsp3) is 0.857. The SMILES string of the molecule is CC(=O)N(Cc1cn(CCCCCCCCCCc2cn(COCCCCCCCCCCOCn3cc(CCCCCCCCCCn4cc(CN(C(C)=O)[C@@H]5O[C@H](CO)[C@@H](O[C@@H]6O[C@H](CO)[C@H](O)[C@H](O)[C@H]6O)[C@H](O)[C@H]5O)nn4)nn3)nn2)nn1)[C@@H]1O[C@H](CO)[C@@H](O[C@@H]2O[C@H](CO)[C@H](O)[C@H](O)[C@H]2O)[C@H](O)[C@H]1O. The maximum absolute atomic E-state index is 12.9. The average Bonchev–Trinajstić information content (AvgIpc) is 0.943. The lowest BCUT2D eigenvalue weighted by Crippen LogP contribution is -2.66. The van der Waals surface area contributed by atoms with E-state index in [1.165, 1.54) is 39.5 Å². The van der Waals surface area contributed by atoms with Crippen molar-refractivity contribution in [2.24, 2.45) is 0 Å². The molecule has 4 fully saturated rings. The lowest BCUT2D eigenvalue weighted by molar-refractivity contribution is -0.348. The minimum Gasteiger partial charge on any atom is -0.394 e. The van der Waals surface area contributed by atoms with Gasteiger partial charge in [-0.2, -0.15) is 0 Å². The quantitative estimate of drug-likeness (QED) is 0.0224. The number of rotatable bonds is 51. The van der Waals surface area contributed by atoms with Crippen LogP contribution in [0.3, 0.4) is 0 Å². The molecule has 4 aromatic rings. The van der Waals surface area contributed by atoms with Crippen molar-refractivity contribution in [1.82, 2.24) is 69.8 Å². The Morgan fingerprint density at radius 1 is 0.361 bits per heavy atom. The minimum absolute atomic E-state index is 0.126. The molecule has 8 rings (SSSR count). The second-order valence-corrected chi connectivity index (χ2v) is 28.9. The van der Waals surface area contributed by atoms with Gasteiger partial charge in [-0.05, 0) is 51.4 Å². The summed E-state index contributed by atoms with van der Waals surface area (Å²) in [5.74, 6) is -1.03. The summed E-state index contributed by atoms with van der Waals surface area (Å²) in [6, 6.07) is 0. The molecule has 108 heavy (non-hydrogen) atoms. The Bertz CT molecular complexity index is 2930. The molecular weight excluding hydrogens is 1420 g/mol. The Labute approximate surface area is 628 Å². The molecule has 0 saturated carbocycles. The van der Waals surface area contributed by atoms with Crippen molar-refractivity contribution in [2.45, 2.75) is 343 Å². The first-order valence-corrected chi connectivity index (χ1v) is 38.7. The van der Waals surface area contributed by atoms with Crippen LogP contribution in [0.4, 0.5) is 0 Å². The van der Waals surface area contributed by atoms with Crippen LogP contribution in [0, 0.1) is 0 Å². The molecule has 4 aromatic heterocycles. The number of hydrogen-bond donors (Lipinski definition) is 14. The number of aromatic nitrogens is 12. The zero-order valence-electron chi connectivity index (χ0n) is 62.3. The molecular formula is C70H120N14O24. The third kappa shape index (κ3) is 26.6. The van der Waals surface area contributed by atoms with Gasteiger partial charge in [0, 0.05) is 40.2 Å². The van der Waals surface area contributed by atoms with Gasteiger partial charge in [0.05, 0.1) is 75.7 Å². The maximum Gasteiger partial charge on any atom is 0.221 e. The molecule has 38 heteroatoms. The van der Waals surface area contributed by atoms with Gasteiger partial charge >= 0.3 is 0 Å². The largest absolute Gasteiger partial charge is 0.394 e. The second kappa shape index (κ2) is 46.6. The van der Waals surface area contributed by atoms with Crippen LogP contribution in [0.2, 0.25) is 0 Å². The molecule has 0 aromatic carbocycles. The van der Waals surface area contributed by atoms with E-state index in [0.29, 0.717) is 51.2 Å². The molecule has 0 spiro atoms. The van der Waals surface area contributed by atoms with Crippen LogP contribution in [-0.4, -0.2) is 315 Å². The van der Waals surface area contributed by atoms with Crippen LogP contribution in [0.25, 0.3) is 0 Å². The molecule has 4 aliphatic heterocycles. The van der Waals surface area contributed by atoms with E-state index in [-0.39, 0.29) is 13.1 Å². The highest BCUT2D eigenvalue weighted by Gasteiger charge is 2.54. The molecule has 2 amide bonds. The van der Waals surface area contributed by atoms with E-state index in [0.717, 1.165) is 162 Å². The molecule has 14 N–H and O–H groups in total. The van der Waals surface area contributed by atoms with Crippen molar-refractivity contribution < 1.29 is 119 Å². The van der Waals surface area contributed by atoms with E-state index < -0.39 is 161 Å². The lowest BCUT2D eigenvalue weighted by atomic mass is 9.96. The second-order valence-electron chi connectivity index (χ2n) is 28.9. The summed E-state index contributed by atoms with van der Waals surface area (Å²) < 4.78 is 52.5. The summed E-state index contributed by atoms with van der Waals surface area (Å²) in [6.45, 7) is 2.77. The smallest absolute Gasteiger partial charge is 0.221 e. The number of amides is 2. The van der Waals surface area contributed by atoms with Crippen LogP contribution in [0.5, 0.6) is 0 Å². The third-order valence-corrected chi connectivity index (χ3v) is 20.3. The standard InChI is InChI=1S/C70H120N14O24/c1-45(89)83(67-61(97)59(95)65(53(41-87)103-67)107-69-63(99)57(93)55(91)51(39-85)105-69)37-49-35-79(75-73-49)29-23-17-11-5-3-9-15-21-27-47-33-81(77-71-47)43-101-31-25-19-13-7-8-14-20-26-32-102-44-82-34-48(72-78-82)28-22-16-10-4-6-12-18-24-30-80-36-50(74-76-80)38-84(46(2)90)68-62(98)60(96)66(54(42-88)104-68)108-70-64(100)58(94)56(92)52(40-86)106-70/h33-36,51-70,85-88,91-100H,3-32,37-44H2,1-2H3/t51-,52-,53-,54-,55+,56+,57+,58+,59-,60-,61-,62-,63-,64-,65-,66-,67-,68-,69+,70+/m1/s1. The fourth-order valence-corrected chi connectivity index (χ4v) is 13.9. The van der Waals surface area contributed by atoms with Gasteiger partial charge < -0.3 is 119 Å². The van der Waals surface area contributed by atoms with Gasteiger partial charge in [-0.3, -0.25) is 19.0 Å². The van der Waals surface area contributed by atoms with Gasteiger partial charge in [0.1, 0.15) is 123 Å². The summed E-state index contributed by atoms with van der Waals surface area (Å²) in [5.41, 5.74) is 2.76. The lowest BCUT2D eigenvalue weighted by Gasteiger charge is -2.48. The van der Waals surface area contributed by atoms with Crippen molar-refractivity contribution in [1.29, 1.82) is 0 Å². The summed E-state index contributed by atoms with van der Waals surface area (Å²) in [4.78, 5) is 28.0. The van der Waals surface area contributed by atoms with Crippen LogP contribution in [-0.2, 0) is 100.0 Å². The van der Waals surface area contributed by atoms with E-state index in [9.17, 15) is 81.1 Å². The van der Waals surface area contributed by atoms with Crippen LogP contribution >= 0.6 is 0 Å². The van der Waals surface area contributed by atoms with Crippen molar-refractivity contribution in [3.05, 3.63) is 47.6 Å². The maximum atomic E-state index is 12.9. The molecule has 20 atom stereocenters. The van der Waals surface area contributed by atoms with E-state index in [1.807, 2.05) is 12.4 Å². The fourth-order valence-electron chi connectivity index (χ4n) is 13.9. The Morgan fingerprint density at radius 2 is 0.667 bits per heavy atom. The molecule has 38 nitrogen and oxygen atoms in total. The first-order valence-electron chi connectivity index (χ1n) is 38.7. The normalized spacial score (nSPS) is 28.9. The highest BCUT2D eigenvalue weighted by Crippen LogP contribution is 2.34. The van der Waals surface area contributed by atoms with Gasteiger partial charge in [0.25, 0.3) is 0 Å². The van der Waals surface area contributed by atoms with Crippen LogP contribution in [0.1, 0.15) is 191 Å². The summed E-state index contributed by atoms with van der Waals surface area (Å²) in [6.07, 6.45) is 3.32. The molecule has 4 aliphatic rings. The molecule has 0 radical (unpaired) electrons. The van der Waals surface area contributed by atoms with Gasteiger partial charge in [-0.1, -0.05) is 136 Å². The van der Waals surface area contributed by atoms with Crippen LogP contribution < -0.4 is 0 Å². The molecule has 0 bridgehead atoms. The van der Waals surface area contributed by atoms with Gasteiger partial charge in [-0.25, -0.2) is 9.36 Å². The van der Waals surface area contributed by atoms with Crippen LogP contribution in [0.15, 0.2) is 24.8 Å². The topological polar surface area (TPSA) is 521 Å². The Hall–Kier alpha value is -5.38. The predicted molar refractivity (Wildman–Crippen MR) is 375 cm³/mol. The van der Waals surface area contributed by atoms with Crippen molar-refractivity contribution >= 4 is 11.8 Å². The zero-order valence-corrected chi connectivity index (χ0v) is 62.3. The number of aliphatic hydroxyl groups excluding tert-OH is 14. The highest BCUT2D eigenvalue weighted by atomic mass is 16.7. The van der Waals surface area contributed by atoms with E-state index in [2.05, 4.69) is 41.2 Å². The van der Waals surface area contributed by atoms with Crippen molar-refractivity contribution in [3.8, 4) is 0 Å². The number of nitrogens with zero attached hydrogens (tertiary/aromatic N) is 14. The predicted octanol–water partition coefficient (Wildman–Crippen LogP) is -1.51. The molecule has 0 aliphatic carbocycles. The number of carbonyl (C=O) groups is 2.